The fourth-order valence-electron chi connectivity index (χ4n) is 3.04. The third-order valence-electron chi connectivity index (χ3n) is 4.56. The first-order valence-electron chi connectivity index (χ1n) is 8.97. The van der Waals surface area contributed by atoms with Crippen LogP contribution in [-0.4, -0.2) is 54.3 Å². The molecule has 3 rings (SSSR count). The molecule has 0 unspecified atom stereocenters. The number of nitrogens with one attached hydrogen (secondary N) is 1. The van der Waals surface area contributed by atoms with Crippen molar-refractivity contribution in [1.82, 2.24) is 9.88 Å². The molecule has 1 aromatic carbocycles. The predicted molar refractivity (Wildman–Crippen MR) is 97.9 cm³/mol. The van der Waals surface area contributed by atoms with Gasteiger partial charge in [-0.1, -0.05) is 6.07 Å². The Hall–Kier alpha value is -3.16. The molecule has 1 N–H and O–H groups in total. The number of likely N-dealkylation sites (tertiary alicyclic amines) is 1. The van der Waals surface area contributed by atoms with E-state index in [1.165, 1.54) is 31.5 Å². The Kier molecular flexibility index (Phi) is 6.08. The predicted octanol–water partition coefficient (Wildman–Crippen LogP) is 2.37. The quantitative estimate of drug-likeness (QED) is 0.581. The van der Waals surface area contributed by atoms with Gasteiger partial charge in [-0.3, -0.25) is 14.4 Å². The molecule has 0 aliphatic carbocycles. The zero-order valence-corrected chi connectivity index (χ0v) is 15.5. The summed E-state index contributed by atoms with van der Waals surface area (Å²) in [7, 11) is 1.35. The zero-order valence-electron chi connectivity index (χ0n) is 15.5. The number of hydrogen-bond donors (Lipinski definition) is 1. The van der Waals surface area contributed by atoms with Crippen molar-refractivity contribution in [3.05, 3.63) is 53.1 Å². The lowest BCUT2D eigenvalue weighted by atomic mass is 10.1. The number of carbonyl (C=O) groups excluding carboxylic acids is 3. The minimum atomic E-state index is -0.651. The van der Waals surface area contributed by atoms with E-state index >= 15 is 0 Å². The van der Waals surface area contributed by atoms with Gasteiger partial charge in [-0.2, -0.15) is 0 Å². The summed E-state index contributed by atoms with van der Waals surface area (Å²) in [6.45, 7) is 0.974. The van der Waals surface area contributed by atoms with Crippen molar-refractivity contribution in [2.45, 2.75) is 19.3 Å². The smallest absolute Gasteiger partial charge is 0.310 e. The van der Waals surface area contributed by atoms with Gasteiger partial charge in [0, 0.05) is 24.8 Å². The second-order valence-corrected chi connectivity index (χ2v) is 6.53. The highest BCUT2D eigenvalue weighted by atomic mass is 19.1. The summed E-state index contributed by atoms with van der Waals surface area (Å²) in [6.07, 6.45) is 3.22. The Morgan fingerprint density at radius 3 is 2.61 bits per heavy atom. The number of hydrogen-bond acceptors (Lipinski definition) is 5. The van der Waals surface area contributed by atoms with Crippen molar-refractivity contribution < 1.29 is 28.2 Å². The Balaban J connectivity index is 1.51. The van der Waals surface area contributed by atoms with Crippen LogP contribution >= 0.6 is 0 Å². The number of ether oxygens (including phenoxy) is 2. The maximum Gasteiger partial charge on any atom is 0.310 e. The first-order valence-corrected chi connectivity index (χ1v) is 8.97. The van der Waals surface area contributed by atoms with Crippen molar-refractivity contribution >= 4 is 17.7 Å². The van der Waals surface area contributed by atoms with Gasteiger partial charge in [0.25, 0.3) is 5.91 Å². The molecule has 8 heteroatoms. The van der Waals surface area contributed by atoms with E-state index in [9.17, 15) is 18.8 Å². The minimum Gasteiger partial charge on any atom is -0.494 e. The van der Waals surface area contributed by atoms with E-state index in [1.54, 1.807) is 11.0 Å². The summed E-state index contributed by atoms with van der Waals surface area (Å²) in [4.78, 5) is 40.9. The molecular formula is C20H21FN2O5. The summed E-state index contributed by atoms with van der Waals surface area (Å²) in [5.41, 5.74) is 1.02. The summed E-state index contributed by atoms with van der Waals surface area (Å²) in [5, 5.41) is 0. The van der Waals surface area contributed by atoms with E-state index in [0.29, 0.717) is 24.3 Å². The topological polar surface area (TPSA) is 88.7 Å². The van der Waals surface area contributed by atoms with Crippen LogP contribution in [0.4, 0.5) is 4.39 Å². The van der Waals surface area contributed by atoms with E-state index in [1.807, 2.05) is 0 Å². The standard InChI is InChI=1S/C20H21FN2O5/c1-27-18-5-4-13(8-15(18)21)9-19(25)28-12-17(24)14-10-16(22-11-14)20(26)23-6-2-3-7-23/h4-5,8,10-11,22H,2-3,6-7,9,12H2,1H3. The van der Waals surface area contributed by atoms with Crippen molar-refractivity contribution in [1.29, 1.82) is 0 Å². The van der Waals surface area contributed by atoms with Crippen LogP contribution in [-0.2, 0) is 16.0 Å². The number of aromatic nitrogens is 1. The molecular weight excluding hydrogens is 367 g/mol. The van der Waals surface area contributed by atoms with Gasteiger partial charge < -0.3 is 19.4 Å². The number of ketones is 1. The van der Waals surface area contributed by atoms with E-state index < -0.39 is 24.2 Å². The number of halogens is 1. The Bertz CT molecular complexity index is 886. The van der Waals surface area contributed by atoms with Gasteiger partial charge in [0.1, 0.15) is 5.69 Å². The second-order valence-electron chi connectivity index (χ2n) is 6.53. The van der Waals surface area contributed by atoms with Gasteiger partial charge in [0.15, 0.2) is 18.2 Å². The zero-order chi connectivity index (χ0) is 20.1. The number of aromatic amines is 1. The fraction of sp³-hybridized carbons (Fsp3) is 0.350. The Morgan fingerprint density at radius 2 is 1.93 bits per heavy atom. The highest BCUT2D eigenvalue weighted by molar-refractivity contribution is 6.01. The first-order chi connectivity index (χ1) is 13.5. The van der Waals surface area contributed by atoms with E-state index in [-0.39, 0.29) is 23.6 Å². The number of H-pyrrole nitrogens is 1. The van der Waals surface area contributed by atoms with Crippen molar-refractivity contribution in [3.63, 3.8) is 0 Å². The van der Waals surface area contributed by atoms with Crippen LogP contribution in [0.2, 0.25) is 0 Å². The van der Waals surface area contributed by atoms with Gasteiger partial charge in [0.2, 0.25) is 5.78 Å². The number of Topliss-reactive ketones (excluding diaryl/α,β-unsaturated/α-hetero) is 1. The van der Waals surface area contributed by atoms with Crippen LogP contribution in [0.25, 0.3) is 0 Å². The molecule has 0 saturated carbocycles. The lowest BCUT2D eigenvalue weighted by molar-refractivity contribution is -0.141. The maximum absolute atomic E-state index is 13.7. The molecule has 0 radical (unpaired) electrons. The van der Waals surface area contributed by atoms with Crippen LogP contribution < -0.4 is 4.74 Å². The summed E-state index contributed by atoms with van der Waals surface area (Å²) >= 11 is 0. The van der Waals surface area contributed by atoms with Gasteiger partial charge in [0.05, 0.1) is 13.5 Å². The lowest BCUT2D eigenvalue weighted by Gasteiger charge is -2.13. The molecule has 28 heavy (non-hydrogen) atoms. The molecule has 1 saturated heterocycles. The Labute approximate surface area is 161 Å². The number of rotatable bonds is 7. The van der Waals surface area contributed by atoms with Crippen molar-refractivity contribution in [2.24, 2.45) is 0 Å². The van der Waals surface area contributed by atoms with Crippen LogP contribution in [0.3, 0.4) is 0 Å². The average Bonchev–Trinajstić information content (AvgIpc) is 3.38. The number of methoxy groups -OCH3 is 1. The van der Waals surface area contributed by atoms with Crippen LogP contribution in [0.5, 0.6) is 5.75 Å². The number of benzene rings is 1. The molecule has 0 spiro atoms. The Morgan fingerprint density at radius 1 is 1.18 bits per heavy atom. The first kappa shape index (κ1) is 19.6. The summed E-state index contributed by atoms with van der Waals surface area (Å²) in [5.74, 6) is -1.71. The molecule has 1 amide bonds. The third-order valence-corrected chi connectivity index (χ3v) is 4.56. The second kappa shape index (κ2) is 8.69. The van der Waals surface area contributed by atoms with Crippen molar-refractivity contribution in [3.8, 4) is 5.75 Å². The lowest BCUT2D eigenvalue weighted by Crippen LogP contribution is -2.27. The fourth-order valence-corrected chi connectivity index (χ4v) is 3.04. The molecule has 1 fully saturated rings. The largest absolute Gasteiger partial charge is 0.494 e. The monoisotopic (exact) mass is 388 g/mol. The SMILES string of the molecule is COc1ccc(CC(=O)OCC(=O)c2c[nH]c(C(=O)N3CCCC3)c2)cc1F. The summed E-state index contributed by atoms with van der Waals surface area (Å²) < 4.78 is 23.4. The normalized spacial score (nSPS) is 13.4. The number of nitrogens with zero attached hydrogens (tertiary/aromatic N) is 1. The van der Waals surface area contributed by atoms with Crippen LogP contribution in [0.1, 0.15) is 39.3 Å². The van der Waals surface area contributed by atoms with Gasteiger partial charge in [-0.25, -0.2) is 4.39 Å². The number of amides is 1. The molecule has 1 aliphatic rings. The maximum atomic E-state index is 13.7. The molecule has 2 heterocycles. The third kappa shape index (κ3) is 4.57. The molecule has 0 atom stereocenters. The minimum absolute atomic E-state index is 0.0824. The molecule has 2 aromatic rings. The highest BCUT2D eigenvalue weighted by Crippen LogP contribution is 2.18. The van der Waals surface area contributed by atoms with Gasteiger partial charge >= 0.3 is 5.97 Å². The van der Waals surface area contributed by atoms with E-state index in [0.717, 1.165) is 12.8 Å². The average molecular weight is 388 g/mol. The molecule has 1 aromatic heterocycles. The highest BCUT2D eigenvalue weighted by Gasteiger charge is 2.22. The molecule has 148 valence electrons. The summed E-state index contributed by atoms with van der Waals surface area (Å²) in [6, 6.07) is 5.62. The molecule has 0 bridgehead atoms. The van der Waals surface area contributed by atoms with Gasteiger partial charge in [-0.15, -0.1) is 0 Å². The van der Waals surface area contributed by atoms with Crippen LogP contribution in [0.15, 0.2) is 30.5 Å². The molecule has 1 aliphatic heterocycles. The molecule has 7 nitrogen and oxygen atoms in total. The van der Waals surface area contributed by atoms with Gasteiger partial charge in [-0.05, 0) is 36.6 Å². The van der Waals surface area contributed by atoms with Crippen molar-refractivity contribution in [2.75, 3.05) is 26.8 Å². The van der Waals surface area contributed by atoms with E-state index in [4.69, 9.17) is 9.47 Å². The van der Waals surface area contributed by atoms with E-state index in [2.05, 4.69) is 4.98 Å². The number of esters is 1. The number of carbonyl (C=O) groups is 3. The van der Waals surface area contributed by atoms with Crippen LogP contribution in [0, 0.1) is 5.82 Å².